The maximum absolute atomic E-state index is 12.8. The van der Waals surface area contributed by atoms with Crippen LogP contribution in [0.3, 0.4) is 0 Å². The van der Waals surface area contributed by atoms with E-state index in [-0.39, 0.29) is 27.3 Å². The Morgan fingerprint density at radius 1 is 0.794 bits per heavy atom. The number of rotatable bonds is 7. The molecule has 0 unspecified atom stereocenters. The summed E-state index contributed by atoms with van der Waals surface area (Å²) in [5, 5.41) is 2.59. The van der Waals surface area contributed by atoms with E-state index >= 15 is 0 Å². The van der Waals surface area contributed by atoms with Crippen molar-refractivity contribution in [3.8, 4) is 0 Å². The number of nitrogens with zero attached hydrogens (tertiary/aromatic N) is 1. The Hall–Kier alpha value is -4.18. The summed E-state index contributed by atoms with van der Waals surface area (Å²) in [5.41, 5.74) is 0.798. The van der Waals surface area contributed by atoms with Gasteiger partial charge in [-0.1, -0.05) is 18.2 Å². The first-order chi connectivity index (χ1) is 16.2. The molecule has 0 bridgehead atoms. The van der Waals surface area contributed by atoms with Crippen molar-refractivity contribution in [2.75, 3.05) is 30.9 Å². The minimum absolute atomic E-state index is 0.0498. The highest BCUT2D eigenvalue weighted by Gasteiger charge is 2.22. The van der Waals surface area contributed by atoms with E-state index < -0.39 is 27.9 Å². The lowest BCUT2D eigenvalue weighted by atomic mass is 10.1. The molecule has 176 valence electrons. The number of anilines is 2. The Kier molecular flexibility index (Phi) is 7.32. The van der Waals surface area contributed by atoms with Crippen molar-refractivity contribution in [3.05, 3.63) is 89.5 Å². The highest BCUT2D eigenvalue weighted by Crippen LogP contribution is 2.24. The molecule has 0 saturated heterocycles. The molecule has 0 fully saturated rings. The molecular formula is C24H22N2O7S. The van der Waals surface area contributed by atoms with Gasteiger partial charge in [-0.2, -0.15) is 0 Å². The monoisotopic (exact) mass is 482 g/mol. The maximum atomic E-state index is 12.8. The van der Waals surface area contributed by atoms with E-state index in [4.69, 9.17) is 4.74 Å². The molecule has 0 aromatic heterocycles. The molecule has 1 amide bonds. The molecule has 0 aliphatic heterocycles. The minimum atomic E-state index is -3.77. The predicted octanol–water partition coefficient (Wildman–Crippen LogP) is 3.34. The van der Waals surface area contributed by atoms with Crippen LogP contribution in [-0.2, 0) is 19.5 Å². The van der Waals surface area contributed by atoms with E-state index in [1.165, 1.54) is 75.9 Å². The van der Waals surface area contributed by atoms with Crippen LogP contribution in [0.2, 0.25) is 0 Å². The topological polar surface area (TPSA) is 119 Å². The smallest absolute Gasteiger partial charge is 0.339 e. The summed E-state index contributed by atoms with van der Waals surface area (Å²) in [7, 11) is 0.0544. The standard InChI is InChI=1S/C24H22N2O7S/c1-26(34(30,31)19-7-5-4-6-8-19)18-12-9-16(10-13-18)22(27)25-21-15-17(23(28)32-2)11-14-20(21)24(29)33-3/h4-15H,1-3H3,(H,25,27). The number of carbonyl (C=O) groups excluding carboxylic acids is 3. The number of hydrogen-bond donors (Lipinski definition) is 1. The summed E-state index contributed by atoms with van der Waals surface area (Å²) < 4.78 is 36.1. The lowest BCUT2D eigenvalue weighted by Gasteiger charge is -2.19. The first-order valence-corrected chi connectivity index (χ1v) is 11.4. The quantitative estimate of drug-likeness (QED) is 0.513. The molecule has 0 spiro atoms. The summed E-state index contributed by atoms with van der Waals surface area (Å²) in [6, 6.07) is 17.9. The van der Waals surface area contributed by atoms with Crippen molar-refractivity contribution >= 4 is 39.2 Å². The van der Waals surface area contributed by atoms with E-state index in [1.54, 1.807) is 18.2 Å². The number of benzene rings is 3. The van der Waals surface area contributed by atoms with Gasteiger partial charge >= 0.3 is 11.9 Å². The lowest BCUT2D eigenvalue weighted by Crippen LogP contribution is -2.26. The van der Waals surface area contributed by atoms with Crippen LogP contribution in [0, 0.1) is 0 Å². The highest BCUT2D eigenvalue weighted by molar-refractivity contribution is 7.92. The molecule has 0 radical (unpaired) electrons. The van der Waals surface area contributed by atoms with Gasteiger partial charge < -0.3 is 14.8 Å². The van der Waals surface area contributed by atoms with Crippen LogP contribution in [0.5, 0.6) is 0 Å². The molecule has 0 atom stereocenters. The van der Waals surface area contributed by atoms with E-state index in [0.717, 1.165) is 4.31 Å². The summed E-state index contributed by atoms with van der Waals surface area (Å²) >= 11 is 0. The van der Waals surface area contributed by atoms with Crippen LogP contribution in [0.1, 0.15) is 31.1 Å². The van der Waals surface area contributed by atoms with Gasteiger partial charge in [0.05, 0.1) is 41.6 Å². The molecule has 9 nitrogen and oxygen atoms in total. The molecule has 0 aliphatic carbocycles. The van der Waals surface area contributed by atoms with Gasteiger partial charge in [0.1, 0.15) is 0 Å². The molecule has 1 N–H and O–H groups in total. The van der Waals surface area contributed by atoms with Gasteiger partial charge in [0, 0.05) is 12.6 Å². The normalized spacial score (nSPS) is 10.8. The molecule has 3 aromatic carbocycles. The van der Waals surface area contributed by atoms with Crippen LogP contribution >= 0.6 is 0 Å². The van der Waals surface area contributed by atoms with Crippen molar-refractivity contribution in [3.63, 3.8) is 0 Å². The number of hydrogen-bond acceptors (Lipinski definition) is 7. The van der Waals surface area contributed by atoms with E-state index in [9.17, 15) is 22.8 Å². The molecule has 0 heterocycles. The largest absolute Gasteiger partial charge is 0.465 e. The molecule has 10 heteroatoms. The van der Waals surface area contributed by atoms with Crippen molar-refractivity contribution < 1.29 is 32.3 Å². The molecule has 3 aromatic rings. The zero-order valence-corrected chi connectivity index (χ0v) is 19.5. The van der Waals surface area contributed by atoms with E-state index in [0.29, 0.717) is 5.69 Å². The summed E-state index contributed by atoms with van der Waals surface area (Å²) in [6.45, 7) is 0. The van der Waals surface area contributed by atoms with Gasteiger partial charge in [0.2, 0.25) is 0 Å². The van der Waals surface area contributed by atoms with Crippen LogP contribution in [-0.4, -0.2) is 47.5 Å². The summed E-state index contributed by atoms with van der Waals surface area (Å²) in [4.78, 5) is 36.9. The fourth-order valence-electron chi connectivity index (χ4n) is 3.09. The van der Waals surface area contributed by atoms with Crippen LogP contribution in [0.15, 0.2) is 77.7 Å². The number of nitrogens with one attached hydrogen (secondary N) is 1. The third kappa shape index (κ3) is 5.07. The Balaban J connectivity index is 1.85. The fourth-order valence-corrected chi connectivity index (χ4v) is 4.30. The van der Waals surface area contributed by atoms with E-state index in [1.807, 2.05) is 0 Å². The minimum Gasteiger partial charge on any atom is -0.465 e. The first kappa shape index (κ1) is 24.5. The number of amides is 1. The first-order valence-electron chi connectivity index (χ1n) is 9.95. The average Bonchev–Trinajstić information content (AvgIpc) is 2.87. The van der Waals surface area contributed by atoms with Gasteiger partial charge in [-0.15, -0.1) is 0 Å². The van der Waals surface area contributed by atoms with Gasteiger partial charge in [0.25, 0.3) is 15.9 Å². The van der Waals surface area contributed by atoms with Crippen LogP contribution in [0.25, 0.3) is 0 Å². The zero-order valence-electron chi connectivity index (χ0n) is 18.6. The Bertz CT molecular complexity index is 1320. The lowest BCUT2D eigenvalue weighted by molar-refractivity contribution is 0.0587. The fraction of sp³-hybridized carbons (Fsp3) is 0.125. The van der Waals surface area contributed by atoms with Crippen LogP contribution < -0.4 is 9.62 Å². The van der Waals surface area contributed by atoms with Crippen LogP contribution in [0.4, 0.5) is 11.4 Å². The van der Waals surface area contributed by atoms with E-state index in [2.05, 4.69) is 10.1 Å². The number of carbonyl (C=O) groups is 3. The van der Waals surface area contributed by atoms with Gasteiger partial charge in [-0.05, 0) is 54.6 Å². The van der Waals surface area contributed by atoms with Crippen molar-refractivity contribution in [1.29, 1.82) is 0 Å². The Morgan fingerprint density at radius 2 is 1.38 bits per heavy atom. The second-order valence-corrected chi connectivity index (χ2v) is 9.00. The Labute approximate surface area is 197 Å². The van der Waals surface area contributed by atoms with Gasteiger partial charge in [-0.3, -0.25) is 9.10 Å². The van der Waals surface area contributed by atoms with Gasteiger partial charge in [0.15, 0.2) is 0 Å². The second kappa shape index (κ2) is 10.2. The Morgan fingerprint density at radius 3 is 1.97 bits per heavy atom. The van der Waals surface area contributed by atoms with Crippen molar-refractivity contribution in [2.24, 2.45) is 0 Å². The molecule has 3 rings (SSSR count). The average molecular weight is 483 g/mol. The molecule has 0 saturated carbocycles. The number of methoxy groups -OCH3 is 2. The zero-order chi connectivity index (χ0) is 24.9. The van der Waals surface area contributed by atoms with Gasteiger partial charge in [-0.25, -0.2) is 18.0 Å². The predicted molar refractivity (Wildman–Crippen MR) is 126 cm³/mol. The number of esters is 2. The number of ether oxygens (including phenoxy) is 2. The summed E-state index contributed by atoms with van der Waals surface area (Å²) in [5.74, 6) is -1.92. The van der Waals surface area contributed by atoms with Crippen molar-refractivity contribution in [2.45, 2.75) is 4.90 Å². The highest BCUT2D eigenvalue weighted by atomic mass is 32.2. The summed E-state index contributed by atoms with van der Waals surface area (Å²) in [6.07, 6.45) is 0. The molecular weight excluding hydrogens is 460 g/mol. The third-order valence-corrected chi connectivity index (χ3v) is 6.79. The number of sulfonamides is 1. The SMILES string of the molecule is COC(=O)c1ccc(C(=O)OC)c(NC(=O)c2ccc(N(C)S(=O)(=O)c3ccccc3)cc2)c1. The third-order valence-electron chi connectivity index (χ3n) is 4.99. The molecule has 0 aliphatic rings. The van der Waals surface area contributed by atoms with Crippen molar-refractivity contribution in [1.82, 2.24) is 0 Å². The second-order valence-electron chi connectivity index (χ2n) is 7.03. The molecule has 34 heavy (non-hydrogen) atoms. The maximum Gasteiger partial charge on any atom is 0.339 e.